The number of nitrogens with one attached hydrogen (secondary N) is 1. The zero-order valence-corrected chi connectivity index (χ0v) is 13.0. The van der Waals surface area contributed by atoms with Crippen LogP contribution in [0.5, 0.6) is 0 Å². The van der Waals surface area contributed by atoms with E-state index in [-0.39, 0.29) is 5.56 Å². The standard InChI is InChI=1S/C14H19BrN4O/c1-2-6-19-14(20)13(15)12(7-17-19)18-8-10-4-3-5-16-11(10)9-18/h2,7,10-11,16H,1,3-6,8-9H2/t10-,11+/m0/s1. The molecule has 108 valence electrons. The molecular weight excluding hydrogens is 320 g/mol. The molecule has 2 atom stereocenters. The minimum Gasteiger partial charge on any atom is -0.367 e. The Balaban J connectivity index is 1.86. The van der Waals surface area contributed by atoms with Crippen LogP contribution in [0.3, 0.4) is 0 Å². The molecule has 5 nitrogen and oxygen atoms in total. The molecule has 20 heavy (non-hydrogen) atoms. The summed E-state index contributed by atoms with van der Waals surface area (Å²) in [6, 6.07) is 0.547. The number of piperidine rings is 1. The monoisotopic (exact) mass is 338 g/mol. The maximum Gasteiger partial charge on any atom is 0.283 e. The van der Waals surface area contributed by atoms with Crippen molar-refractivity contribution in [2.45, 2.75) is 25.4 Å². The summed E-state index contributed by atoms with van der Waals surface area (Å²) in [5.41, 5.74) is 0.816. The minimum absolute atomic E-state index is 0.0924. The number of nitrogens with zero attached hydrogens (tertiary/aromatic N) is 3. The number of anilines is 1. The lowest BCUT2D eigenvalue weighted by atomic mass is 9.94. The highest BCUT2D eigenvalue weighted by atomic mass is 79.9. The van der Waals surface area contributed by atoms with E-state index in [0.29, 0.717) is 23.0 Å². The highest BCUT2D eigenvalue weighted by molar-refractivity contribution is 9.10. The first kappa shape index (κ1) is 13.8. The molecule has 0 unspecified atom stereocenters. The summed E-state index contributed by atoms with van der Waals surface area (Å²) in [7, 11) is 0. The van der Waals surface area contributed by atoms with E-state index in [0.717, 1.165) is 25.3 Å². The van der Waals surface area contributed by atoms with Gasteiger partial charge in [-0.3, -0.25) is 4.79 Å². The molecule has 0 spiro atoms. The summed E-state index contributed by atoms with van der Waals surface area (Å²) in [4.78, 5) is 14.5. The highest BCUT2D eigenvalue weighted by Crippen LogP contribution is 2.31. The van der Waals surface area contributed by atoms with Crippen molar-refractivity contribution in [3.63, 3.8) is 0 Å². The van der Waals surface area contributed by atoms with Crippen molar-refractivity contribution in [3.05, 3.63) is 33.7 Å². The molecule has 3 rings (SSSR count). The average Bonchev–Trinajstić information content (AvgIpc) is 2.88. The number of allylic oxidation sites excluding steroid dienone is 1. The third-order valence-electron chi connectivity index (χ3n) is 4.21. The largest absolute Gasteiger partial charge is 0.367 e. The van der Waals surface area contributed by atoms with Crippen LogP contribution in [0, 0.1) is 5.92 Å². The molecular formula is C14H19BrN4O. The maximum atomic E-state index is 12.2. The lowest BCUT2D eigenvalue weighted by molar-refractivity contribution is 0.340. The zero-order chi connectivity index (χ0) is 14.1. The summed E-state index contributed by atoms with van der Waals surface area (Å²) < 4.78 is 2.02. The molecule has 0 aromatic carbocycles. The Bertz CT molecular complexity index is 557. The van der Waals surface area contributed by atoms with Crippen LogP contribution in [0.4, 0.5) is 5.69 Å². The highest BCUT2D eigenvalue weighted by Gasteiger charge is 2.35. The Morgan fingerprint density at radius 2 is 2.40 bits per heavy atom. The van der Waals surface area contributed by atoms with Gasteiger partial charge in [-0.15, -0.1) is 6.58 Å². The quantitative estimate of drug-likeness (QED) is 0.846. The number of aromatic nitrogens is 2. The molecule has 0 aliphatic carbocycles. The summed E-state index contributed by atoms with van der Waals surface area (Å²) >= 11 is 3.44. The molecule has 0 amide bonds. The zero-order valence-electron chi connectivity index (χ0n) is 11.4. The molecule has 1 aromatic rings. The normalized spacial score (nSPS) is 25.6. The second-order valence-electron chi connectivity index (χ2n) is 5.49. The number of halogens is 1. The van der Waals surface area contributed by atoms with Crippen LogP contribution in [0.25, 0.3) is 0 Å². The first-order valence-corrected chi connectivity index (χ1v) is 7.85. The molecule has 0 saturated carbocycles. The van der Waals surface area contributed by atoms with Crippen molar-refractivity contribution < 1.29 is 0 Å². The average molecular weight is 339 g/mol. The van der Waals surface area contributed by atoms with Gasteiger partial charge in [0.15, 0.2) is 0 Å². The van der Waals surface area contributed by atoms with Crippen LogP contribution in [0.15, 0.2) is 28.1 Å². The summed E-state index contributed by atoms with van der Waals surface area (Å²) in [6.07, 6.45) is 5.98. The molecule has 1 aromatic heterocycles. The Morgan fingerprint density at radius 3 is 3.15 bits per heavy atom. The number of fused-ring (bicyclic) bond motifs is 1. The third kappa shape index (κ3) is 2.42. The van der Waals surface area contributed by atoms with Crippen LogP contribution in [-0.2, 0) is 6.54 Å². The van der Waals surface area contributed by atoms with E-state index in [1.54, 1.807) is 12.3 Å². The van der Waals surface area contributed by atoms with Crippen LogP contribution >= 0.6 is 15.9 Å². The Hall–Kier alpha value is -1.14. The Labute approximate surface area is 126 Å². The van der Waals surface area contributed by atoms with Gasteiger partial charge in [0.1, 0.15) is 4.47 Å². The van der Waals surface area contributed by atoms with Crippen LogP contribution < -0.4 is 15.8 Å². The number of rotatable bonds is 3. The van der Waals surface area contributed by atoms with Crippen molar-refractivity contribution in [3.8, 4) is 0 Å². The van der Waals surface area contributed by atoms with E-state index in [9.17, 15) is 4.79 Å². The maximum absolute atomic E-state index is 12.2. The molecule has 2 saturated heterocycles. The van der Waals surface area contributed by atoms with Crippen molar-refractivity contribution in [2.24, 2.45) is 5.92 Å². The molecule has 0 radical (unpaired) electrons. The van der Waals surface area contributed by atoms with Crippen molar-refractivity contribution in [1.29, 1.82) is 0 Å². The van der Waals surface area contributed by atoms with Crippen molar-refractivity contribution >= 4 is 21.6 Å². The van der Waals surface area contributed by atoms with Crippen molar-refractivity contribution in [1.82, 2.24) is 15.1 Å². The van der Waals surface area contributed by atoms with E-state index < -0.39 is 0 Å². The van der Waals surface area contributed by atoms with Gasteiger partial charge in [-0.05, 0) is 41.2 Å². The van der Waals surface area contributed by atoms with Crippen LogP contribution in [0.2, 0.25) is 0 Å². The van der Waals surface area contributed by atoms with Gasteiger partial charge in [0.2, 0.25) is 0 Å². The molecule has 2 aliphatic heterocycles. The fourth-order valence-corrected chi connectivity index (χ4v) is 3.73. The van der Waals surface area contributed by atoms with Gasteiger partial charge in [0, 0.05) is 19.1 Å². The van der Waals surface area contributed by atoms with Gasteiger partial charge in [0.05, 0.1) is 18.4 Å². The van der Waals surface area contributed by atoms with Crippen LogP contribution in [-0.4, -0.2) is 35.5 Å². The van der Waals surface area contributed by atoms with Crippen molar-refractivity contribution in [2.75, 3.05) is 24.5 Å². The van der Waals surface area contributed by atoms with Gasteiger partial charge in [0.25, 0.3) is 5.56 Å². The van der Waals surface area contributed by atoms with Crippen LogP contribution in [0.1, 0.15) is 12.8 Å². The predicted octanol–water partition coefficient (Wildman–Crippen LogP) is 1.38. The second kappa shape index (κ2) is 5.69. The van der Waals surface area contributed by atoms with E-state index in [4.69, 9.17) is 0 Å². The fraction of sp³-hybridized carbons (Fsp3) is 0.571. The summed E-state index contributed by atoms with van der Waals surface area (Å²) in [5, 5.41) is 7.80. The molecule has 0 bridgehead atoms. The molecule has 6 heteroatoms. The predicted molar refractivity (Wildman–Crippen MR) is 83.1 cm³/mol. The smallest absolute Gasteiger partial charge is 0.283 e. The molecule has 2 fully saturated rings. The first-order valence-electron chi connectivity index (χ1n) is 7.05. The lowest BCUT2D eigenvalue weighted by Gasteiger charge is -2.24. The Morgan fingerprint density at radius 1 is 1.55 bits per heavy atom. The Kier molecular flexibility index (Phi) is 3.94. The summed E-state index contributed by atoms with van der Waals surface area (Å²) in [6.45, 7) is 7.14. The fourth-order valence-electron chi connectivity index (χ4n) is 3.17. The number of hydrogen-bond donors (Lipinski definition) is 1. The summed E-state index contributed by atoms with van der Waals surface area (Å²) in [5.74, 6) is 0.686. The third-order valence-corrected chi connectivity index (χ3v) is 4.95. The minimum atomic E-state index is -0.0924. The number of hydrogen-bond acceptors (Lipinski definition) is 4. The topological polar surface area (TPSA) is 50.2 Å². The van der Waals surface area contributed by atoms with Gasteiger partial charge in [-0.1, -0.05) is 6.08 Å². The molecule has 1 N–H and O–H groups in total. The van der Waals surface area contributed by atoms with E-state index in [1.165, 1.54) is 17.5 Å². The molecule has 3 heterocycles. The van der Waals surface area contributed by atoms with Gasteiger partial charge < -0.3 is 10.2 Å². The SMILES string of the molecule is C=CCn1ncc(N2C[C@@H]3CCCN[C@@H]3C2)c(Br)c1=O. The van der Waals surface area contributed by atoms with E-state index in [1.807, 2.05) is 0 Å². The van der Waals surface area contributed by atoms with Gasteiger partial charge in [-0.2, -0.15) is 5.10 Å². The van der Waals surface area contributed by atoms with Gasteiger partial charge >= 0.3 is 0 Å². The first-order chi connectivity index (χ1) is 9.70. The van der Waals surface area contributed by atoms with E-state index >= 15 is 0 Å². The second-order valence-corrected chi connectivity index (χ2v) is 6.28. The van der Waals surface area contributed by atoms with E-state index in [2.05, 4.69) is 37.8 Å². The lowest BCUT2D eigenvalue weighted by Crippen LogP contribution is -2.40. The van der Waals surface area contributed by atoms with Gasteiger partial charge in [-0.25, -0.2) is 4.68 Å². The molecule has 2 aliphatic rings.